The van der Waals surface area contributed by atoms with Gasteiger partial charge in [-0.25, -0.2) is 4.98 Å². The third kappa shape index (κ3) is 2.87. The maximum Gasteiger partial charge on any atom is 0.246 e. The van der Waals surface area contributed by atoms with Gasteiger partial charge in [0, 0.05) is 37.9 Å². The Morgan fingerprint density at radius 3 is 3.00 bits per heavy atom. The molecule has 1 saturated heterocycles. The van der Waals surface area contributed by atoms with Crippen molar-refractivity contribution < 1.29 is 4.79 Å². The first kappa shape index (κ1) is 15.1. The summed E-state index contributed by atoms with van der Waals surface area (Å²) < 4.78 is 1.87. The Morgan fingerprint density at radius 2 is 2.23 bits per heavy atom. The number of carbonyl (C=O) groups is 1. The number of fused-ring (bicyclic) bond motifs is 1. The van der Waals surface area contributed by atoms with E-state index in [-0.39, 0.29) is 11.9 Å². The molecule has 22 heavy (non-hydrogen) atoms. The maximum atomic E-state index is 12.4. The lowest BCUT2D eigenvalue weighted by Crippen LogP contribution is -2.52. The number of pyridine rings is 1. The maximum absolute atomic E-state index is 12.4. The molecule has 3 rings (SSSR count). The van der Waals surface area contributed by atoms with Gasteiger partial charge >= 0.3 is 0 Å². The van der Waals surface area contributed by atoms with Gasteiger partial charge in [-0.2, -0.15) is 0 Å². The summed E-state index contributed by atoms with van der Waals surface area (Å²) in [6.07, 6.45) is 5.22. The van der Waals surface area contributed by atoms with Crippen molar-refractivity contribution in [3.05, 3.63) is 41.3 Å². The van der Waals surface area contributed by atoms with Crippen molar-refractivity contribution in [2.75, 3.05) is 26.7 Å². The average molecular weight is 319 g/mol. The van der Waals surface area contributed by atoms with Crippen LogP contribution in [0.3, 0.4) is 0 Å². The molecule has 0 saturated carbocycles. The average Bonchev–Trinajstić information content (AvgIpc) is 2.80. The first-order valence-corrected chi connectivity index (χ1v) is 7.74. The van der Waals surface area contributed by atoms with E-state index < -0.39 is 0 Å². The van der Waals surface area contributed by atoms with Crippen molar-refractivity contribution in [3.63, 3.8) is 0 Å². The summed E-state index contributed by atoms with van der Waals surface area (Å²) in [7, 11) is 2.08. The van der Waals surface area contributed by atoms with E-state index >= 15 is 0 Å². The molecule has 1 amide bonds. The molecule has 0 N–H and O–H groups in total. The smallest absolute Gasteiger partial charge is 0.246 e. The van der Waals surface area contributed by atoms with Crippen LogP contribution in [-0.2, 0) is 4.79 Å². The van der Waals surface area contributed by atoms with Gasteiger partial charge in [0.2, 0.25) is 5.91 Å². The van der Waals surface area contributed by atoms with Crippen LogP contribution in [0.15, 0.2) is 30.5 Å². The summed E-state index contributed by atoms with van der Waals surface area (Å²) in [5.74, 6) is 0.0162. The van der Waals surface area contributed by atoms with E-state index in [1.807, 2.05) is 33.7 Å². The fourth-order valence-corrected chi connectivity index (χ4v) is 3.09. The number of aromatic nitrogens is 2. The van der Waals surface area contributed by atoms with Gasteiger partial charge in [-0.3, -0.25) is 9.20 Å². The van der Waals surface area contributed by atoms with Crippen LogP contribution in [0, 0.1) is 0 Å². The molecule has 1 atom stereocenters. The standard InChI is InChI=1S/C16H19ClN4O/c1-12-11-19(2)9-10-20(12)15(22)7-6-13-16(17)18-14-5-3-4-8-21(13)14/h3-8,12H,9-11H2,1-2H3/b7-6+. The van der Waals surface area contributed by atoms with Crippen LogP contribution in [-0.4, -0.2) is 57.8 Å². The van der Waals surface area contributed by atoms with Crippen molar-refractivity contribution in [2.45, 2.75) is 13.0 Å². The lowest BCUT2D eigenvalue weighted by atomic mass is 10.2. The third-order valence-corrected chi connectivity index (χ3v) is 4.30. The number of rotatable bonds is 2. The first-order chi connectivity index (χ1) is 10.6. The zero-order valence-corrected chi connectivity index (χ0v) is 13.5. The topological polar surface area (TPSA) is 40.8 Å². The second-order valence-corrected chi connectivity index (χ2v) is 6.05. The number of likely N-dealkylation sites (N-methyl/N-ethyl adjacent to an activating group) is 1. The Balaban J connectivity index is 1.81. The number of halogens is 1. The number of hydrogen-bond acceptors (Lipinski definition) is 3. The second kappa shape index (κ2) is 6.10. The van der Waals surface area contributed by atoms with Crippen LogP contribution < -0.4 is 0 Å². The predicted molar refractivity (Wildman–Crippen MR) is 87.9 cm³/mol. The third-order valence-electron chi connectivity index (χ3n) is 4.02. The highest BCUT2D eigenvalue weighted by Crippen LogP contribution is 2.19. The highest BCUT2D eigenvalue weighted by atomic mass is 35.5. The van der Waals surface area contributed by atoms with Crippen LogP contribution in [0.2, 0.25) is 5.15 Å². The zero-order valence-electron chi connectivity index (χ0n) is 12.7. The Bertz CT molecular complexity index is 724. The molecule has 6 heteroatoms. The molecule has 116 valence electrons. The van der Waals surface area contributed by atoms with Crippen molar-refractivity contribution >= 4 is 29.2 Å². The largest absolute Gasteiger partial charge is 0.334 e. The molecular weight excluding hydrogens is 300 g/mol. The van der Waals surface area contributed by atoms with Crippen LogP contribution in [0.1, 0.15) is 12.6 Å². The molecule has 2 aromatic heterocycles. The van der Waals surface area contributed by atoms with E-state index in [0.29, 0.717) is 5.15 Å². The highest BCUT2D eigenvalue weighted by Gasteiger charge is 2.24. The van der Waals surface area contributed by atoms with Crippen molar-refractivity contribution in [1.29, 1.82) is 0 Å². The molecule has 0 aliphatic carbocycles. The number of hydrogen-bond donors (Lipinski definition) is 0. The van der Waals surface area contributed by atoms with Gasteiger partial charge in [0.1, 0.15) is 5.65 Å². The molecule has 1 aliphatic rings. The van der Waals surface area contributed by atoms with E-state index in [1.165, 1.54) is 0 Å². The molecule has 0 bridgehead atoms. The van der Waals surface area contributed by atoms with Crippen molar-refractivity contribution in [1.82, 2.24) is 19.2 Å². The number of carbonyl (C=O) groups excluding carboxylic acids is 1. The molecule has 1 fully saturated rings. The summed E-state index contributed by atoms with van der Waals surface area (Å²) in [5.41, 5.74) is 1.50. The van der Waals surface area contributed by atoms with E-state index in [0.717, 1.165) is 31.0 Å². The summed E-state index contributed by atoms with van der Waals surface area (Å²) in [6.45, 7) is 4.63. The van der Waals surface area contributed by atoms with E-state index in [4.69, 9.17) is 11.6 Å². The second-order valence-electron chi connectivity index (χ2n) is 5.69. The van der Waals surface area contributed by atoms with Crippen molar-refractivity contribution in [3.8, 4) is 0 Å². The van der Waals surface area contributed by atoms with Gasteiger partial charge in [0.15, 0.2) is 5.15 Å². The lowest BCUT2D eigenvalue weighted by molar-refractivity contribution is -0.130. The molecular formula is C16H19ClN4O. The van der Waals surface area contributed by atoms with Crippen LogP contribution in [0.25, 0.3) is 11.7 Å². The Kier molecular flexibility index (Phi) is 4.18. The van der Waals surface area contributed by atoms with Crippen molar-refractivity contribution in [2.24, 2.45) is 0 Å². The quantitative estimate of drug-likeness (QED) is 0.797. The molecule has 0 radical (unpaired) electrons. The molecule has 5 nitrogen and oxygen atoms in total. The van der Waals surface area contributed by atoms with Gasteiger partial charge < -0.3 is 9.80 Å². The number of piperazine rings is 1. The SMILES string of the molecule is CC1CN(C)CCN1C(=O)/C=C/c1c(Cl)nc2ccccn12. The summed E-state index contributed by atoms with van der Waals surface area (Å²) in [5, 5.41) is 0.404. The summed E-state index contributed by atoms with van der Waals surface area (Å²) in [6, 6.07) is 5.91. The lowest BCUT2D eigenvalue weighted by Gasteiger charge is -2.37. The summed E-state index contributed by atoms with van der Waals surface area (Å²) >= 11 is 6.17. The van der Waals surface area contributed by atoms with E-state index in [1.54, 1.807) is 12.2 Å². The zero-order chi connectivity index (χ0) is 15.7. The van der Waals surface area contributed by atoms with Gasteiger partial charge in [0.25, 0.3) is 0 Å². The Hall–Kier alpha value is -1.85. The Morgan fingerprint density at radius 1 is 1.41 bits per heavy atom. The molecule has 3 heterocycles. The number of amides is 1. The van der Waals surface area contributed by atoms with Crippen LogP contribution in [0.4, 0.5) is 0 Å². The fourth-order valence-electron chi connectivity index (χ4n) is 2.85. The van der Waals surface area contributed by atoms with Gasteiger partial charge in [-0.05, 0) is 32.2 Å². The van der Waals surface area contributed by atoms with Gasteiger partial charge in [-0.1, -0.05) is 17.7 Å². The molecule has 2 aromatic rings. The first-order valence-electron chi connectivity index (χ1n) is 7.36. The number of imidazole rings is 1. The fraction of sp³-hybridized carbons (Fsp3) is 0.375. The normalized spacial score (nSPS) is 20.1. The summed E-state index contributed by atoms with van der Waals surface area (Å²) in [4.78, 5) is 20.8. The Labute approximate surface area is 134 Å². The number of nitrogens with zero attached hydrogens (tertiary/aromatic N) is 4. The molecule has 0 aromatic carbocycles. The van der Waals surface area contributed by atoms with E-state index in [2.05, 4.69) is 23.9 Å². The molecule has 1 aliphatic heterocycles. The van der Waals surface area contributed by atoms with Gasteiger partial charge in [0.05, 0.1) is 5.69 Å². The minimum absolute atomic E-state index is 0.0162. The molecule has 1 unspecified atom stereocenters. The predicted octanol–water partition coefficient (Wildman–Crippen LogP) is 2.16. The monoisotopic (exact) mass is 318 g/mol. The van der Waals surface area contributed by atoms with Crippen LogP contribution in [0.5, 0.6) is 0 Å². The highest BCUT2D eigenvalue weighted by molar-refractivity contribution is 6.31. The minimum atomic E-state index is 0.0162. The van der Waals surface area contributed by atoms with E-state index in [9.17, 15) is 4.79 Å². The van der Waals surface area contributed by atoms with Crippen LogP contribution >= 0.6 is 11.6 Å². The van der Waals surface area contributed by atoms with Gasteiger partial charge in [-0.15, -0.1) is 0 Å². The molecule has 0 spiro atoms. The minimum Gasteiger partial charge on any atom is -0.334 e.